The number of fused-ring (bicyclic) bond motifs is 1. The number of ether oxygens (including phenoxy) is 3. The highest BCUT2D eigenvalue weighted by Gasteiger charge is 2.51. The second-order valence-electron chi connectivity index (χ2n) is 9.00. The number of benzene rings is 3. The van der Waals surface area contributed by atoms with E-state index in [0.29, 0.717) is 32.1 Å². The maximum Gasteiger partial charge on any atom is 0.235 e. The third-order valence-corrected chi connectivity index (χ3v) is 8.33. The number of carbonyl (C=O) groups excluding carboxylic acids is 1. The molecule has 2 fully saturated rings. The van der Waals surface area contributed by atoms with E-state index in [9.17, 15) is 9.00 Å². The van der Waals surface area contributed by atoms with Gasteiger partial charge in [-0.25, -0.2) is 8.51 Å². The number of nitrogens with zero attached hydrogens (tertiary/aromatic N) is 1. The third-order valence-electron chi connectivity index (χ3n) is 6.82. The molecule has 3 aromatic rings. The molecule has 2 heterocycles. The van der Waals surface area contributed by atoms with Crippen LogP contribution in [-0.4, -0.2) is 47.5 Å². The molecule has 3 aliphatic rings. The summed E-state index contributed by atoms with van der Waals surface area (Å²) in [6.07, 6.45) is 1.61. The zero-order valence-corrected chi connectivity index (χ0v) is 20.0. The number of morpholine rings is 1. The van der Waals surface area contributed by atoms with Crippen molar-refractivity contribution >= 4 is 22.6 Å². The van der Waals surface area contributed by atoms with Crippen molar-refractivity contribution in [3.8, 4) is 22.6 Å². The van der Waals surface area contributed by atoms with Crippen molar-refractivity contribution < 1.29 is 23.2 Å². The lowest BCUT2D eigenvalue weighted by Crippen LogP contribution is -2.37. The van der Waals surface area contributed by atoms with Crippen molar-refractivity contribution in [1.82, 2.24) is 4.31 Å². The highest BCUT2D eigenvalue weighted by atomic mass is 32.2. The molecule has 2 aliphatic heterocycles. The van der Waals surface area contributed by atoms with Crippen LogP contribution in [0.2, 0.25) is 0 Å². The molecular formula is C27H26N2O5S. The Labute approximate surface area is 206 Å². The van der Waals surface area contributed by atoms with E-state index in [-0.39, 0.29) is 12.7 Å². The number of nitrogens with one attached hydrogen (secondary N) is 1. The Balaban J connectivity index is 1.17. The summed E-state index contributed by atoms with van der Waals surface area (Å²) in [5.41, 5.74) is 3.17. The largest absolute Gasteiger partial charge is 0.454 e. The molecule has 180 valence electrons. The van der Waals surface area contributed by atoms with Crippen LogP contribution in [0.4, 0.5) is 5.69 Å². The molecule has 1 N–H and O–H groups in total. The molecule has 1 aliphatic carbocycles. The van der Waals surface area contributed by atoms with Gasteiger partial charge in [-0.2, -0.15) is 0 Å². The number of amides is 1. The Kier molecular flexibility index (Phi) is 5.80. The van der Waals surface area contributed by atoms with E-state index in [4.69, 9.17) is 14.2 Å². The van der Waals surface area contributed by atoms with Crippen LogP contribution in [-0.2, 0) is 25.9 Å². The summed E-state index contributed by atoms with van der Waals surface area (Å²) in [6, 6.07) is 21.3. The molecule has 1 atom stereocenters. The van der Waals surface area contributed by atoms with Gasteiger partial charge in [0.2, 0.25) is 12.7 Å². The lowest BCUT2D eigenvalue weighted by atomic mass is 9.94. The molecular weight excluding hydrogens is 464 g/mol. The Morgan fingerprint density at radius 3 is 2.43 bits per heavy atom. The summed E-state index contributed by atoms with van der Waals surface area (Å²) >= 11 is 0. The molecule has 0 spiro atoms. The first kappa shape index (κ1) is 22.3. The zero-order chi connectivity index (χ0) is 23.8. The average Bonchev–Trinajstić information content (AvgIpc) is 3.60. The second-order valence-corrected chi connectivity index (χ2v) is 10.5. The van der Waals surface area contributed by atoms with Gasteiger partial charge in [0.25, 0.3) is 0 Å². The normalized spacial score (nSPS) is 19.2. The van der Waals surface area contributed by atoms with Gasteiger partial charge in [0, 0.05) is 18.8 Å². The first-order valence-corrected chi connectivity index (χ1v) is 12.9. The van der Waals surface area contributed by atoms with Crippen LogP contribution in [0.15, 0.2) is 71.6 Å². The summed E-state index contributed by atoms with van der Waals surface area (Å²) in [5, 5.41) is 3.12. The van der Waals surface area contributed by atoms with E-state index >= 15 is 0 Å². The van der Waals surface area contributed by atoms with E-state index in [0.717, 1.165) is 45.9 Å². The number of rotatable bonds is 6. The van der Waals surface area contributed by atoms with Crippen LogP contribution in [0.1, 0.15) is 18.4 Å². The maximum atomic E-state index is 13.3. The van der Waals surface area contributed by atoms with Gasteiger partial charge in [0.15, 0.2) is 11.5 Å². The molecule has 3 aromatic carbocycles. The third kappa shape index (κ3) is 4.33. The highest BCUT2D eigenvalue weighted by Crippen LogP contribution is 2.51. The van der Waals surface area contributed by atoms with Crippen LogP contribution in [0.3, 0.4) is 0 Å². The van der Waals surface area contributed by atoms with Crippen LogP contribution in [0.25, 0.3) is 11.1 Å². The van der Waals surface area contributed by atoms with E-state index in [1.807, 2.05) is 71.0 Å². The van der Waals surface area contributed by atoms with Gasteiger partial charge in [-0.05, 0) is 65.9 Å². The molecule has 1 saturated heterocycles. The SMILES string of the molecule is O=C(Nc1cccc(-c2ccc(S(=O)N3CCOCC3)cc2)c1)C1(c2ccc3c(c2)OCO3)CC1. The number of hydrogen-bond donors (Lipinski definition) is 1. The minimum Gasteiger partial charge on any atom is -0.454 e. The van der Waals surface area contributed by atoms with Crippen LogP contribution in [0.5, 0.6) is 11.5 Å². The molecule has 1 amide bonds. The molecule has 1 unspecified atom stereocenters. The number of carbonyl (C=O) groups is 1. The Morgan fingerprint density at radius 2 is 1.66 bits per heavy atom. The Bertz CT molecular complexity index is 1280. The molecule has 0 radical (unpaired) electrons. The zero-order valence-electron chi connectivity index (χ0n) is 19.2. The van der Waals surface area contributed by atoms with Crippen molar-refractivity contribution in [2.45, 2.75) is 23.2 Å². The van der Waals surface area contributed by atoms with E-state index in [1.54, 1.807) is 0 Å². The molecule has 35 heavy (non-hydrogen) atoms. The topological polar surface area (TPSA) is 77.1 Å². The molecule has 0 bridgehead atoms. The molecule has 0 aromatic heterocycles. The fourth-order valence-electron chi connectivity index (χ4n) is 4.62. The van der Waals surface area contributed by atoms with Gasteiger partial charge >= 0.3 is 0 Å². The molecule has 1 saturated carbocycles. The van der Waals surface area contributed by atoms with Crippen molar-refractivity contribution in [3.63, 3.8) is 0 Å². The predicted molar refractivity (Wildman–Crippen MR) is 133 cm³/mol. The minimum absolute atomic E-state index is 0.00947. The van der Waals surface area contributed by atoms with Crippen molar-refractivity contribution in [1.29, 1.82) is 0 Å². The van der Waals surface area contributed by atoms with E-state index in [1.165, 1.54) is 0 Å². The average molecular weight is 491 g/mol. The predicted octanol–water partition coefficient (Wildman–Crippen LogP) is 4.11. The lowest BCUT2D eigenvalue weighted by Gasteiger charge is -2.25. The minimum atomic E-state index is -1.19. The summed E-state index contributed by atoms with van der Waals surface area (Å²) in [5.74, 6) is 1.41. The van der Waals surface area contributed by atoms with E-state index in [2.05, 4.69) is 5.32 Å². The van der Waals surface area contributed by atoms with Gasteiger partial charge in [0.1, 0.15) is 11.0 Å². The summed E-state index contributed by atoms with van der Waals surface area (Å²) in [7, 11) is -1.19. The van der Waals surface area contributed by atoms with Gasteiger partial charge < -0.3 is 19.5 Å². The van der Waals surface area contributed by atoms with Gasteiger partial charge in [0.05, 0.1) is 23.5 Å². The van der Waals surface area contributed by atoms with Gasteiger partial charge in [-0.3, -0.25) is 4.79 Å². The molecule has 7 nitrogen and oxygen atoms in total. The highest BCUT2D eigenvalue weighted by molar-refractivity contribution is 7.82. The summed E-state index contributed by atoms with van der Waals surface area (Å²) in [6.45, 7) is 2.78. The van der Waals surface area contributed by atoms with E-state index < -0.39 is 16.4 Å². The maximum absolute atomic E-state index is 13.3. The quantitative estimate of drug-likeness (QED) is 0.563. The fourth-order valence-corrected chi connectivity index (χ4v) is 5.77. The second kappa shape index (κ2) is 9.11. The van der Waals surface area contributed by atoms with Crippen molar-refractivity contribution in [2.24, 2.45) is 0 Å². The van der Waals surface area contributed by atoms with Crippen LogP contribution in [0, 0.1) is 0 Å². The monoisotopic (exact) mass is 490 g/mol. The fraction of sp³-hybridized carbons (Fsp3) is 0.296. The number of hydrogen-bond acceptors (Lipinski definition) is 5. The van der Waals surface area contributed by atoms with Gasteiger partial charge in [-0.15, -0.1) is 0 Å². The first-order chi connectivity index (χ1) is 17.1. The lowest BCUT2D eigenvalue weighted by molar-refractivity contribution is -0.118. The summed E-state index contributed by atoms with van der Waals surface area (Å²) in [4.78, 5) is 14.1. The standard InChI is InChI=1S/C27H26N2O5S/c30-26(27(10-11-27)21-6-9-24-25(17-21)34-18-33-24)28-22-3-1-2-20(16-22)19-4-7-23(8-5-19)35(31)29-12-14-32-15-13-29/h1-9,16-17H,10-15,18H2,(H,28,30). The Morgan fingerprint density at radius 1 is 0.886 bits per heavy atom. The number of anilines is 1. The smallest absolute Gasteiger partial charge is 0.235 e. The first-order valence-electron chi connectivity index (χ1n) is 11.8. The van der Waals surface area contributed by atoms with Crippen LogP contribution < -0.4 is 14.8 Å². The van der Waals surface area contributed by atoms with Crippen molar-refractivity contribution in [2.75, 3.05) is 38.4 Å². The summed E-state index contributed by atoms with van der Waals surface area (Å²) < 4.78 is 31.0. The van der Waals surface area contributed by atoms with Crippen molar-refractivity contribution in [3.05, 3.63) is 72.3 Å². The van der Waals surface area contributed by atoms with Gasteiger partial charge in [-0.1, -0.05) is 30.3 Å². The molecule has 6 rings (SSSR count). The van der Waals surface area contributed by atoms with Crippen LogP contribution >= 0.6 is 0 Å². The Hall–Kier alpha value is -3.20. The molecule has 8 heteroatoms.